The van der Waals surface area contributed by atoms with Gasteiger partial charge in [0.25, 0.3) is 0 Å². The van der Waals surface area contributed by atoms with E-state index in [9.17, 15) is 4.79 Å². The Morgan fingerprint density at radius 2 is 2.10 bits per heavy atom. The lowest BCUT2D eigenvalue weighted by Gasteiger charge is -2.21. The lowest BCUT2D eigenvalue weighted by atomic mass is 10.1. The summed E-state index contributed by atoms with van der Waals surface area (Å²) in [4.78, 5) is 13.4. The maximum atomic E-state index is 11.1. The van der Waals surface area contributed by atoms with Crippen LogP contribution in [0.2, 0.25) is 0 Å². The van der Waals surface area contributed by atoms with Crippen molar-refractivity contribution in [1.82, 2.24) is 4.90 Å². The van der Waals surface area contributed by atoms with E-state index in [0.29, 0.717) is 5.75 Å². The van der Waals surface area contributed by atoms with E-state index >= 15 is 0 Å². The van der Waals surface area contributed by atoms with Crippen LogP contribution in [0.5, 0.6) is 5.75 Å². The Balaban J connectivity index is 1.99. The fourth-order valence-corrected chi connectivity index (χ4v) is 3.02. The Kier molecular flexibility index (Phi) is 5.01. The zero-order chi connectivity index (χ0) is 14.5. The first-order chi connectivity index (χ1) is 9.60. The highest BCUT2D eigenvalue weighted by molar-refractivity contribution is 5.90. The van der Waals surface area contributed by atoms with Gasteiger partial charge in [-0.2, -0.15) is 0 Å². The van der Waals surface area contributed by atoms with Crippen molar-refractivity contribution in [3.63, 3.8) is 0 Å². The molecule has 0 spiro atoms. The third-order valence-electron chi connectivity index (χ3n) is 3.99. The van der Waals surface area contributed by atoms with Crippen LogP contribution < -0.4 is 4.74 Å². The summed E-state index contributed by atoms with van der Waals surface area (Å²) < 4.78 is 5.16. The van der Waals surface area contributed by atoms with Gasteiger partial charge in [0.2, 0.25) is 0 Å². The van der Waals surface area contributed by atoms with Gasteiger partial charge in [-0.25, -0.2) is 4.79 Å². The summed E-state index contributed by atoms with van der Waals surface area (Å²) in [6.07, 6.45) is 5.40. The maximum absolute atomic E-state index is 11.1. The largest absolute Gasteiger partial charge is 0.496 e. The fourth-order valence-electron chi connectivity index (χ4n) is 3.02. The minimum absolute atomic E-state index is 0.217. The molecule has 0 heterocycles. The van der Waals surface area contributed by atoms with Gasteiger partial charge in [0.05, 0.1) is 7.11 Å². The van der Waals surface area contributed by atoms with Gasteiger partial charge in [-0.05, 0) is 43.5 Å². The van der Waals surface area contributed by atoms with Gasteiger partial charge in [0.15, 0.2) is 0 Å². The Morgan fingerprint density at radius 3 is 2.70 bits per heavy atom. The molecule has 1 fully saturated rings. The molecule has 2 rings (SSSR count). The summed E-state index contributed by atoms with van der Waals surface area (Å²) >= 11 is 0. The Labute approximate surface area is 120 Å². The smallest absolute Gasteiger partial charge is 0.339 e. The van der Waals surface area contributed by atoms with E-state index in [1.807, 2.05) is 12.1 Å². The molecule has 0 saturated heterocycles. The molecule has 0 bridgehead atoms. The summed E-state index contributed by atoms with van der Waals surface area (Å²) in [5, 5.41) is 9.07. The zero-order valence-electron chi connectivity index (χ0n) is 12.3. The lowest BCUT2D eigenvalue weighted by Crippen LogP contribution is -2.24. The summed E-state index contributed by atoms with van der Waals surface area (Å²) in [5.41, 5.74) is 1.31. The third-order valence-corrected chi connectivity index (χ3v) is 3.99. The topological polar surface area (TPSA) is 49.8 Å². The Bertz CT molecular complexity index is 467. The van der Waals surface area contributed by atoms with Crippen molar-refractivity contribution in [1.29, 1.82) is 0 Å². The van der Waals surface area contributed by atoms with Crippen LogP contribution in [-0.2, 0) is 6.54 Å². The van der Waals surface area contributed by atoms with Crippen LogP contribution in [0.1, 0.15) is 41.6 Å². The number of carbonyl (C=O) groups is 1. The summed E-state index contributed by atoms with van der Waals surface area (Å²) in [6.45, 7) is 1.94. The molecule has 0 amide bonds. The predicted octanol–water partition coefficient (Wildman–Crippen LogP) is 3.02. The number of methoxy groups -OCH3 is 1. The number of ether oxygens (including phenoxy) is 1. The molecule has 1 aliphatic rings. The summed E-state index contributed by atoms with van der Waals surface area (Å²) in [5.74, 6) is 0.303. The summed E-state index contributed by atoms with van der Waals surface area (Å²) in [6, 6.07) is 5.33. The van der Waals surface area contributed by atoms with Gasteiger partial charge < -0.3 is 14.7 Å². The van der Waals surface area contributed by atoms with Gasteiger partial charge >= 0.3 is 5.97 Å². The van der Waals surface area contributed by atoms with Crippen molar-refractivity contribution in [3.05, 3.63) is 29.3 Å². The Morgan fingerprint density at radius 1 is 1.40 bits per heavy atom. The quantitative estimate of drug-likeness (QED) is 0.868. The number of hydrogen-bond acceptors (Lipinski definition) is 3. The molecule has 0 atom stereocenters. The molecule has 1 N–H and O–H groups in total. The monoisotopic (exact) mass is 277 g/mol. The van der Waals surface area contributed by atoms with Crippen LogP contribution in [0.3, 0.4) is 0 Å². The second kappa shape index (κ2) is 6.75. The van der Waals surface area contributed by atoms with Crippen LogP contribution >= 0.6 is 0 Å². The van der Waals surface area contributed by atoms with Crippen LogP contribution in [-0.4, -0.2) is 36.7 Å². The SMILES string of the molecule is COc1cc(CN(C)CC2CCCC2)ccc1C(=O)O. The first-order valence-corrected chi connectivity index (χ1v) is 7.19. The Hall–Kier alpha value is -1.55. The van der Waals surface area contributed by atoms with Crippen LogP contribution in [0.15, 0.2) is 18.2 Å². The predicted molar refractivity (Wildman–Crippen MR) is 78.2 cm³/mol. The van der Waals surface area contributed by atoms with Crippen LogP contribution in [0, 0.1) is 5.92 Å². The normalized spacial score (nSPS) is 15.8. The van der Waals surface area contributed by atoms with Crippen molar-refractivity contribution in [2.24, 2.45) is 5.92 Å². The average molecular weight is 277 g/mol. The first kappa shape index (κ1) is 14.9. The highest BCUT2D eigenvalue weighted by Gasteiger charge is 2.17. The van der Waals surface area contributed by atoms with Crippen molar-refractivity contribution >= 4 is 5.97 Å². The first-order valence-electron chi connectivity index (χ1n) is 7.19. The van der Waals surface area contributed by atoms with Crippen molar-refractivity contribution in [3.8, 4) is 5.75 Å². The molecular formula is C16H23NO3. The molecule has 1 saturated carbocycles. The number of aromatic carboxylic acids is 1. The van der Waals surface area contributed by atoms with E-state index in [2.05, 4.69) is 11.9 Å². The fraction of sp³-hybridized carbons (Fsp3) is 0.562. The maximum Gasteiger partial charge on any atom is 0.339 e. The van der Waals surface area contributed by atoms with Crippen molar-refractivity contribution < 1.29 is 14.6 Å². The molecule has 0 aromatic heterocycles. The van der Waals surface area contributed by atoms with Crippen molar-refractivity contribution in [2.75, 3.05) is 20.7 Å². The molecule has 0 aliphatic heterocycles. The second-order valence-electron chi connectivity index (χ2n) is 5.69. The highest BCUT2D eigenvalue weighted by Crippen LogP contribution is 2.26. The van der Waals surface area contributed by atoms with E-state index < -0.39 is 5.97 Å². The number of hydrogen-bond donors (Lipinski definition) is 1. The van der Waals surface area contributed by atoms with Gasteiger partial charge in [0, 0.05) is 13.1 Å². The summed E-state index contributed by atoms with van der Waals surface area (Å²) in [7, 11) is 3.63. The standard InChI is InChI=1S/C16H23NO3/c1-17(10-12-5-3-4-6-12)11-13-7-8-14(16(18)19)15(9-13)20-2/h7-9,12H,3-6,10-11H2,1-2H3,(H,18,19). The van der Waals surface area contributed by atoms with E-state index in [0.717, 1.165) is 24.6 Å². The van der Waals surface area contributed by atoms with Crippen LogP contribution in [0.4, 0.5) is 0 Å². The molecule has 1 aromatic carbocycles. The molecule has 0 unspecified atom stereocenters. The number of benzene rings is 1. The van der Waals surface area contributed by atoms with Crippen molar-refractivity contribution in [2.45, 2.75) is 32.2 Å². The molecular weight excluding hydrogens is 254 g/mol. The van der Waals surface area contributed by atoms with E-state index in [4.69, 9.17) is 9.84 Å². The number of carboxylic acids is 1. The molecule has 0 radical (unpaired) electrons. The lowest BCUT2D eigenvalue weighted by molar-refractivity contribution is 0.0693. The molecule has 1 aromatic rings. The minimum atomic E-state index is -0.951. The second-order valence-corrected chi connectivity index (χ2v) is 5.69. The van der Waals surface area contributed by atoms with E-state index in [1.54, 1.807) is 6.07 Å². The average Bonchev–Trinajstić information content (AvgIpc) is 2.90. The zero-order valence-corrected chi connectivity index (χ0v) is 12.3. The number of rotatable bonds is 6. The number of carboxylic acid groups (broad SMARTS) is 1. The van der Waals surface area contributed by atoms with Gasteiger partial charge in [-0.15, -0.1) is 0 Å². The highest BCUT2D eigenvalue weighted by atomic mass is 16.5. The van der Waals surface area contributed by atoms with Crippen LogP contribution in [0.25, 0.3) is 0 Å². The van der Waals surface area contributed by atoms with E-state index in [-0.39, 0.29) is 5.56 Å². The van der Waals surface area contributed by atoms with Gasteiger partial charge in [-0.3, -0.25) is 0 Å². The van der Waals surface area contributed by atoms with Gasteiger partial charge in [0.1, 0.15) is 11.3 Å². The molecule has 4 heteroatoms. The molecule has 4 nitrogen and oxygen atoms in total. The van der Waals surface area contributed by atoms with E-state index in [1.165, 1.54) is 32.8 Å². The number of nitrogens with zero attached hydrogens (tertiary/aromatic N) is 1. The minimum Gasteiger partial charge on any atom is -0.496 e. The third kappa shape index (κ3) is 3.73. The molecule has 1 aliphatic carbocycles. The molecule has 20 heavy (non-hydrogen) atoms. The van der Waals surface area contributed by atoms with Gasteiger partial charge in [-0.1, -0.05) is 18.9 Å². The molecule has 110 valence electrons.